The Balaban J connectivity index is 0.878. The number of nitrogens with one attached hydrogen (secondary N) is 4. The molecule has 300 valence electrons. The molecule has 2 aliphatic carbocycles. The van der Waals surface area contributed by atoms with Crippen molar-refractivity contribution in [1.82, 2.24) is 9.97 Å². The summed E-state index contributed by atoms with van der Waals surface area (Å²) < 4.78 is 54.2. The molecule has 2 saturated carbocycles. The number of fused-ring (bicyclic) bond motifs is 2. The van der Waals surface area contributed by atoms with Gasteiger partial charge in [-0.15, -0.1) is 23.5 Å². The lowest BCUT2D eigenvalue weighted by Crippen LogP contribution is -2.17. The molecule has 2 atom stereocenters. The first-order valence-corrected chi connectivity index (χ1v) is 25.7. The summed E-state index contributed by atoms with van der Waals surface area (Å²) in [4.78, 5) is 29.9. The van der Waals surface area contributed by atoms with Crippen molar-refractivity contribution >= 4 is 92.4 Å². The topological polar surface area (TPSA) is 175 Å². The number of benzene rings is 2. The first kappa shape index (κ1) is 39.4. The predicted octanol–water partition coefficient (Wildman–Crippen LogP) is 7.20. The molecule has 4 aliphatic rings. The fourth-order valence-electron chi connectivity index (χ4n) is 8.36. The minimum Gasteiger partial charge on any atom is -0.466 e. The summed E-state index contributed by atoms with van der Waals surface area (Å²) >= 11 is 3.28. The third-order valence-electron chi connectivity index (χ3n) is 10.9. The molecule has 2 unspecified atom stereocenters. The van der Waals surface area contributed by atoms with Crippen molar-refractivity contribution in [2.45, 2.75) is 99.9 Å². The summed E-state index contributed by atoms with van der Waals surface area (Å²) in [6.07, 6.45) is 12.5. The van der Waals surface area contributed by atoms with Gasteiger partial charge in [-0.3, -0.25) is 14.8 Å². The van der Waals surface area contributed by atoms with Crippen molar-refractivity contribution in [2.75, 3.05) is 41.3 Å². The number of nitrogens with zero attached hydrogens (tertiary/aromatic N) is 2. The van der Waals surface area contributed by atoms with Crippen LogP contribution in [0.1, 0.15) is 86.7 Å². The molecule has 0 bridgehead atoms. The van der Waals surface area contributed by atoms with Gasteiger partial charge in [0.05, 0.1) is 70.4 Å². The predicted molar refractivity (Wildman–Crippen MR) is 231 cm³/mol. The lowest BCUT2D eigenvalue weighted by Gasteiger charge is -2.15. The standard InChI is InChI=1S/C40H50N6O6S4/c1-55(48,49)22-24-13-26-17-34(45-37(26)32(15-24)41-28-7-3-4-8-28)39-43-30(20-53-39)11-12-52-36(47)19-31-21-54-40(44-31)35-18-27-14-25(23-56(2,50)51)16-33(38(27)46-35)42-29-9-5-6-10-29/h13-18,28-31,41-42,45-46H,3-12,19-23H2,1-2H3. The summed E-state index contributed by atoms with van der Waals surface area (Å²) in [6, 6.07) is 12.5. The number of sulfone groups is 2. The first-order valence-electron chi connectivity index (χ1n) is 19.6. The van der Waals surface area contributed by atoms with Crippen LogP contribution in [-0.2, 0) is 40.7 Å². The van der Waals surface area contributed by atoms with Gasteiger partial charge in [0, 0.05) is 53.3 Å². The largest absolute Gasteiger partial charge is 0.466 e. The molecule has 8 rings (SSSR count). The van der Waals surface area contributed by atoms with Crippen molar-refractivity contribution < 1.29 is 26.4 Å². The van der Waals surface area contributed by atoms with Gasteiger partial charge in [0.1, 0.15) is 10.1 Å². The SMILES string of the molecule is CS(=O)(=O)Cc1cc(NC2CCCC2)c2[nH]c(C3=NC(CCOC(=O)CC4CSC(c5cc6cc(CS(C)(=O)=O)cc(NC7CCCC7)c6[nH]5)=N4)CS3)cc2c1. The van der Waals surface area contributed by atoms with Gasteiger partial charge in [-0.25, -0.2) is 16.8 Å². The Kier molecular flexibility index (Phi) is 11.5. The zero-order valence-electron chi connectivity index (χ0n) is 31.9. The summed E-state index contributed by atoms with van der Waals surface area (Å²) in [7, 11) is -6.38. The monoisotopic (exact) mass is 838 g/mol. The van der Waals surface area contributed by atoms with Gasteiger partial charge in [-0.05, 0) is 73.2 Å². The second-order valence-electron chi connectivity index (χ2n) is 16.0. The number of hydrogen-bond acceptors (Lipinski definition) is 12. The zero-order chi connectivity index (χ0) is 39.0. The third-order valence-corrected chi connectivity index (χ3v) is 14.9. The number of rotatable bonds is 15. The van der Waals surface area contributed by atoms with E-state index in [9.17, 15) is 21.6 Å². The Morgan fingerprint density at radius 3 is 1.66 bits per heavy atom. The minimum absolute atomic E-state index is 0.00730. The molecule has 2 aromatic carbocycles. The molecule has 56 heavy (non-hydrogen) atoms. The summed E-state index contributed by atoms with van der Waals surface area (Å²) in [5, 5.41) is 11.0. The maximum atomic E-state index is 12.9. The Morgan fingerprint density at radius 2 is 1.18 bits per heavy atom. The summed E-state index contributed by atoms with van der Waals surface area (Å²) in [5.74, 6) is 1.17. The second kappa shape index (κ2) is 16.4. The molecule has 12 nitrogen and oxygen atoms in total. The molecule has 4 aromatic rings. The van der Waals surface area contributed by atoms with E-state index in [0.717, 1.165) is 97.2 Å². The van der Waals surface area contributed by atoms with Crippen LogP contribution in [0.2, 0.25) is 0 Å². The minimum atomic E-state index is -3.19. The fraction of sp³-hybridized carbons (Fsp3) is 0.525. The third kappa shape index (κ3) is 9.79. The highest BCUT2D eigenvalue weighted by molar-refractivity contribution is 8.15. The lowest BCUT2D eigenvalue weighted by atomic mass is 10.1. The average molecular weight is 839 g/mol. The number of ether oxygens (including phenoxy) is 1. The van der Waals surface area contributed by atoms with E-state index in [4.69, 9.17) is 14.7 Å². The molecule has 4 N–H and O–H groups in total. The average Bonchev–Trinajstić information content (AvgIpc) is 3.96. The molecular formula is C40H50N6O6S4. The molecule has 4 heterocycles. The fourth-order valence-corrected chi connectivity index (χ4v) is 12.0. The van der Waals surface area contributed by atoms with E-state index in [0.29, 0.717) is 24.3 Å². The Labute approximate surface area is 337 Å². The number of aliphatic imine (C=N–C) groups is 2. The van der Waals surface area contributed by atoms with Crippen molar-refractivity contribution in [2.24, 2.45) is 9.98 Å². The van der Waals surface area contributed by atoms with E-state index >= 15 is 0 Å². The number of aromatic nitrogens is 2. The number of H-pyrrole nitrogens is 2. The van der Waals surface area contributed by atoms with Gasteiger partial charge < -0.3 is 25.3 Å². The number of esters is 1. The Morgan fingerprint density at radius 1 is 0.714 bits per heavy atom. The van der Waals surface area contributed by atoms with Crippen LogP contribution >= 0.6 is 23.5 Å². The highest BCUT2D eigenvalue weighted by atomic mass is 32.2. The van der Waals surface area contributed by atoms with Crippen LogP contribution in [0.15, 0.2) is 46.4 Å². The van der Waals surface area contributed by atoms with Gasteiger partial charge in [-0.1, -0.05) is 25.7 Å². The van der Waals surface area contributed by atoms with E-state index in [1.807, 2.05) is 30.3 Å². The molecule has 0 saturated heterocycles. The van der Waals surface area contributed by atoms with Crippen LogP contribution in [0, 0.1) is 0 Å². The van der Waals surface area contributed by atoms with Crippen LogP contribution in [-0.4, -0.2) is 97.7 Å². The van der Waals surface area contributed by atoms with Crippen LogP contribution in [0.25, 0.3) is 21.8 Å². The Bertz CT molecular complexity index is 2410. The number of hydrogen-bond donors (Lipinski definition) is 4. The molecule has 16 heteroatoms. The van der Waals surface area contributed by atoms with Crippen LogP contribution in [0.5, 0.6) is 0 Å². The van der Waals surface area contributed by atoms with Crippen molar-refractivity contribution in [3.05, 3.63) is 58.9 Å². The van der Waals surface area contributed by atoms with Gasteiger partial charge >= 0.3 is 5.97 Å². The highest BCUT2D eigenvalue weighted by Crippen LogP contribution is 2.35. The molecule has 2 aromatic heterocycles. The van der Waals surface area contributed by atoms with E-state index < -0.39 is 19.7 Å². The van der Waals surface area contributed by atoms with E-state index in [1.54, 1.807) is 23.5 Å². The normalized spacial score (nSPS) is 21.0. The molecule has 2 aliphatic heterocycles. The van der Waals surface area contributed by atoms with Crippen LogP contribution < -0.4 is 10.6 Å². The number of anilines is 2. The molecule has 0 radical (unpaired) electrons. The van der Waals surface area contributed by atoms with Crippen molar-refractivity contribution in [1.29, 1.82) is 0 Å². The van der Waals surface area contributed by atoms with Gasteiger partial charge in [0.2, 0.25) is 0 Å². The molecular weight excluding hydrogens is 789 g/mol. The Hall–Kier alpha value is -3.47. The number of thioether (sulfide) groups is 2. The first-order chi connectivity index (χ1) is 26.8. The number of carbonyl (C=O) groups is 1. The number of aromatic amines is 2. The zero-order valence-corrected chi connectivity index (χ0v) is 35.1. The van der Waals surface area contributed by atoms with E-state index in [-0.39, 0.29) is 42.6 Å². The smallest absolute Gasteiger partial charge is 0.307 e. The quantitative estimate of drug-likeness (QED) is 0.0897. The van der Waals surface area contributed by atoms with Crippen LogP contribution in [0.4, 0.5) is 11.4 Å². The second-order valence-corrected chi connectivity index (χ2v) is 22.3. The molecule has 2 fully saturated rings. The maximum Gasteiger partial charge on any atom is 0.307 e. The van der Waals surface area contributed by atoms with E-state index in [2.05, 4.69) is 26.7 Å². The lowest BCUT2D eigenvalue weighted by molar-refractivity contribution is -0.144. The van der Waals surface area contributed by atoms with Crippen LogP contribution in [0.3, 0.4) is 0 Å². The van der Waals surface area contributed by atoms with Gasteiger partial charge in [0.25, 0.3) is 0 Å². The van der Waals surface area contributed by atoms with Crippen molar-refractivity contribution in [3.63, 3.8) is 0 Å². The number of carbonyl (C=O) groups excluding carboxylic acids is 1. The maximum absolute atomic E-state index is 12.9. The van der Waals surface area contributed by atoms with Gasteiger partial charge in [-0.2, -0.15) is 0 Å². The molecule has 0 amide bonds. The van der Waals surface area contributed by atoms with Gasteiger partial charge in [0.15, 0.2) is 19.7 Å². The highest BCUT2D eigenvalue weighted by Gasteiger charge is 2.27. The van der Waals surface area contributed by atoms with Crippen molar-refractivity contribution in [3.8, 4) is 0 Å². The summed E-state index contributed by atoms with van der Waals surface area (Å²) in [6.45, 7) is 0.281. The van der Waals surface area contributed by atoms with E-state index in [1.165, 1.54) is 38.2 Å². The molecule has 0 spiro atoms. The summed E-state index contributed by atoms with van der Waals surface area (Å²) in [5.41, 5.74) is 7.06.